The summed E-state index contributed by atoms with van der Waals surface area (Å²) in [5, 5.41) is 17.5. The summed E-state index contributed by atoms with van der Waals surface area (Å²) >= 11 is 0. The van der Waals surface area contributed by atoms with Gasteiger partial charge in [-0.25, -0.2) is 4.79 Å². The van der Waals surface area contributed by atoms with E-state index in [0.29, 0.717) is 37.4 Å². The summed E-state index contributed by atoms with van der Waals surface area (Å²) < 4.78 is 6.80. The summed E-state index contributed by atoms with van der Waals surface area (Å²) in [5.74, 6) is 0.202. The number of carbonyl (C=O) groups excluding carboxylic acids is 2. The molecule has 2 aromatic rings. The van der Waals surface area contributed by atoms with Crippen molar-refractivity contribution in [2.75, 3.05) is 26.7 Å². The fourth-order valence-corrected chi connectivity index (χ4v) is 3.07. The smallest absolute Gasteiger partial charge is 0.410 e. The maximum atomic E-state index is 12.8. The normalized spacial score (nSPS) is 23.8. The number of carbonyl (C=O) groups is 2. The van der Waals surface area contributed by atoms with Crippen LogP contribution in [0.4, 0.5) is 4.79 Å². The Morgan fingerprint density at radius 1 is 1.43 bits per heavy atom. The number of amides is 2. The SMILES string of the molecule is CN1C[C@]2(CCN(C(=O)c3cn[nH]c3-n3cnnn3)C2)OC1=O. The molecular weight excluding hydrogens is 304 g/mol. The molecule has 1 atom stereocenters. The molecule has 120 valence electrons. The highest BCUT2D eigenvalue weighted by Gasteiger charge is 2.49. The lowest BCUT2D eigenvalue weighted by molar-refractivity contribution is 0.0553. The third kappa shape index (κ3) is 2.12. The second kappa shape index (κ2) is 4.76. The molecule has 2 aliphatic heterocycles. The monoisotopic (exact) mass is 318 g/mol. The maximum Gasteiger partial charge on any atom is 0.410 e. The summed E-state index contributed by atoms with van der Waals surface area (Å²) in [6, 6.07) is 0. The van der Waals surface area contributed by atoms with E-state index >= 15 is 0 Å². The number of rotatable bonds is 2. The molecule has 2 amide bonds. The minimum atomic E-state index is -0.611. The van der Waals surface area contributed by atoms with Gasteiger partial charge in [0.1, 0.15) is 11.9 Å². The molecule has 0 aliphatic carbocycles. The first kappa shape index (κ1) is 13.7. The summed E-state index contributed by atoms with van der Waals surface area (Å²) in [4.78, 5) is 27.6. The van der Waals surface area contributed by atoms with E-state index in [0.717, 1.165) is 0 Å². The van der Waals surface area contributed by atoms with Crippen LogP contribution < -0.4 is 0 Å². The number of hydrogen-bond donors (Lipinski definition) is 1. The Hall–Kier alpha value is -2.98. The molecule has 0 radical (unpaired) electrons. The number of aromatic amines is 1. The van der Waals surface area contributed by atoms with Crippen LogP contribution >= 0.6 is 0 Å². The van der Waals surface area contributed by atoms with Crippen molar-refractivity contribution >= 4 is 12.0 Å². The summed E-state index contributed by atoms with van der Waals surface area (Å²) in [5.41, 5.74) is -0.243. The minimum Gasteiger partial charge on any atom is -0.439 e. The number of H-pyrrole nitrogens is 1. The topological polar surface area (TPSA) is 122 Å². The predicted octanol–water partition coefficient (Wildman–Crippen LogP) is -0.948. The van der Waals surface area contributed by atoms with Crippen LogP contribution in [0.25, 0.3) is 5.82 Å². The van der Waals surface area contributed by atoms with Gasteiger partial charge in [0.2, 0.25) is 0 Å². The zero-order valence-corrected chi connectivity index (χ0v) is 12.3. The fraction of sp³-hybridized carbons (Fsp3) is 0.500. The Morgan fingerprint density at radius 2 is 2.30 bits per heavy atom. The van der Waals surface area contributed by atoms with E-state index in [-0.39, 0.29) is 12.0 Å². The van der Waals surface area contributed by atoms with Crippen LogP contribution in [0.15, 0.2) is 12.5 Å². The Bertz CT molecular complexity index is 756. The largest absolute Gasteiger partial charge is 0.439 e. The predicted molar refractivity (Wildman–Crippen MR) is 73.7 cm³/mol. The molecule has 11 heteroatoms. The molecule has 2 aromatic heterocycles. The van der Waals surface area contributed by atoms with Gasteiger partial charge in [0.25, 0.3) is 5.91 Å². The second-order valence-corrected chi connectivity index (χ2v) is 5.77. The van der Waals surface area contributed by atoms with E-state index in [1.807, 2.05) is 0 Å². The molecule has 4 heterocycles. The quantitative estimate of drug-likeness (QED) is 0.757. The van der Waals surface area contributed by atoms with Gasteiger partial charge >= 0.3 is 6.09 Å². The molecule has 0 bridgehead atoms. The van der Waals surface area contributed by atoms with Crippen molar-refractivity contribution in [3.8, 4) is 5.82 Å². The molecule has 2 saturated heterocycles. The molecule has 1 N–H and O–H groups in total. The maximum absolute atomic E-state index is 12.8. The number of tetrazole rings is 1. The third-order valence-electron chi connectivity index (χ3n) is 4.17. The number of nitrogens with zero attached hydrogens (tertiary/aromatic N) is 7. The molecule has 4 rings (SSSR count). The molecule has 11 nitrogen and oxygen atoms in total. The van der Waals surface area contributed by atoms with Crippen molar-refractivity contribution in [2.24, 2.45) is 0 Å². The highest BCUT2D eigenvalue weighted by atomic mass is 16.6. The van der Waals surface area contributed by atoms with Gasteiger partial charge in [-0.15, -0.1) is 5.10 Å². The van der Waals surface area contributed by atoms with Crippen molar-refractivity contribution in [1.82, 2.24) is 40.2 Å². The van der Waals surface area contributed by atoms with E-state index in [9.17, 15) is 9.59 Å². The van der Waals surface area contributed by atoms with Gasteiger partial charge in [-0.1, -0.05) is 0 Å². The van der Waals surface area contributed by atoms with E-state index in [1.165, 1.54) is 22.1 Å². The number of likely N-dealkylation sites (tertiary alicyclic amines) is 1. The number of likely N-dealkylation sites (N-methyl/N-ethyl adjacent to an activating group) is 1. The van der Waals surface area contributed by atoms with E-state index in [4.69, 9.17) is 4.74 Å². The molecule has 0 aromatic carbocycles. The van der Waals surface area contributed by atoms with E-state index < -0.39 is 5.60 Å². The number of ether oxygens (including phenoxy) is 1. The van der Waals surface area contributed by atoms with Gasteiger partial charge < -0.3 is 14.5 Å². The average Bonchev–Trinajstić information content (AvgIpc) is 3.28. The van der Waals surface area contributed by atoms with Crippen molar-refractivity contribution in [3.05, 3.63) is 18.1 Å². The molecular formula is C12H14N8O3. The number of aromatic nitrogens is 6. The highest BCUT2D eigenvalue weighted by molar-refractivity contribution is 5.97. The number of hydrogen-bond acceptors (Lipinski definition) is 7. The first-order valence-electron chi connectivity index (χ1n) is 7.08. The summed E-state index contributed by atoms with van der Waals surface area (Å²) in [6.45, 7) is 1.36. The Morgan fingerprint density at radius 3 is 3.00 bits per heavy atom. The minimum absolute atomic E-state index is 0.202. The van der Waals surface area contributed by atoms with Gasteiger partial charge in [0, 0.05) is 20.0 Å². The first-order chi connectivity index (χ1) is 11.1. The van der Waals surface area contributed by atoms with Crippen molar-refractivity contribution < 1.29 is 14.3 Å². The van der Waals surface area contributed by atoms with Crippen LogP contribution in [0.2, 0.25) is 0 Å². The Balaban J connectivity index is 1.56. The van der Waals surface area contributed by atoms with Crippen LogP contribution in [0.3, 0.4) is 0 Å². The van der Waals surface area contributed by atoms with Crippen molar-refractivity contribution in [2.45, 2.75) is 12.0 Å². The van der Waals surface area contributed by atoms with Crippen LogP contribution in [0.5, 0.6) is 0 Å². The molecule has 1 spiro atoms. The van der Waals surface area contributed by atoms with Crippen molar-refractivity contribution in [3.63, 3.8) is 0 Å². The third-order valence-corrected chi connectivity index (χ3v) is 4.17. The first-order valence-corrected chi connectivity index (χ1v) is 7.08. The molecule has 2 fully saturated rings. The number of nitrogens with one attached hydrogen (secondary N) is 1. The standard InChI is InChI=1S/C12H14N8O3/c1-18-5-12(23-11(18)22)2-3-19(6-12)10(21)8-4-13-15-9(8)20-7-14-16-17-20/h4,7H,2-3,5-6H2,1H3,(H,13,15)/t12-/m0/s1. The van der Waals surface area contributed by atoms with Crippen LogP contribution in [-0.2, 0) is 4.74 Å². The van der Waals surface area contributed by atoms with Gasteiger partial charge in [-0.3, -0.25) is 9.89 Å². The zero-order valence-electron chi connectivity index (χ0n) is 12.3. The van der Waals surface area contributed by atoms with Crippen molar-refractivity contribution in [1.29, 1.82) is 0 Å². The average molecular weight is 318 g/mol. The van der Waals surface area contributed by atoms with Crippen LogP contribution in [-0.4, -0.2) is 84.5 Å². The lowest BCUT2D eigenvalue weighted by atomic mass is 10.0. The van der Waals surface area contributed by atoms with E-state index in [1.54, 1.807) is 11.9 Å². The van der Waals surface area contributed by atoms with Gasteiger partial charge in [-0.05, 0) is 10.4 Å². The van der Waals surface area contributed by atoms with E-state index in [2.05, 4.69) is 25.7 Å². The zero-order chi connectivity index (χ0) is 16.0. The summed E-state index contributed by atoms with van der Waals surface area (Å²) in [6.07, 6.45) is 3.09. The summed E-state index contributed by atoms with van der Waals surface area (Å²) in [7, 11) is 1.69. The Labute approximate surface area is 130 Å². The lowest BCUT2D eigenvalue weighted by Crippen LogP contribution is -2.39. The lowest BCUT2D eigenvalue weighted by Gasteiger charge is -2.21. The van der Waals surface area contributed by atoms with Gasteiger partial charge in [0.05, 0.1) is 19.3 Å². The molecule has 23 heavy (non-hydrogen) atoms. The highest BCUT2D eigenvalue weighted by Crippen LogP contribution is 2.32. The van der Waals surface area contributed by atoms with Crippen LogP contribution in [0.1, 0.15) is 16.8 Å². The van der Waals surface area contributed by atoms with Gasteiger partial charge in [0.15, 0.2) is 11.4 Å². The fourth-order valence-electron chi connectivity index (χ4n) is 3.07. The van der Waals surface area contributed by atoms with Gasteiger partial charge in [-0.2, -0.15) is 9.78 Å². The molecule has 0 unspecified atom stereocenters. The molecule has 0 saturated carbocycles. The van der Waals surface area contributed by atoms with Crippen LogP contribution in [0, 0.1) is 0 Å². The Kier molecular flexibility index (Phi) is 2.83. The second-order valence-electron chi connectivity index (χ2n) is 5.77. The molecule has 2 aliphatic rings.